The summed E-state index contributed by atoms with van der Waals surface area (Å²) < 4.78 is 4.81. The van der Waals surface area contributed by atoms with Gasteiger partial charge in [0.2, 0.25) is 11.8 Å². The summed E-state index contributed by atoms with van der Waals surface area (Å²) in [6.45, 7) is 9.33. The average Bonchev–Trinajstić information content (AvgIpc) is 4.04. The minimum Gasteiger partial charge on any atom is -0.453 e. The molecule has 3 aromatic heterocycles. The zero-order valence-electron chi connectivity index (χ0n) is 31.8. The number of methoxy groups -OCH3 is 1. The predicted molar refractivity (Wildman–Crippen MR) is 208 cm³/mol. The van der Waals surface area contributed by atoms with Crippen molar-refractivity contribution in [3.05, 3.63) is 66.4 Å². The van der Waals surface area contributed by atoms with Gasteiger partial charge in [-0.1, -0.05) is 64.8 Å². The van der Waals surface area contributed by atoms with E-state index in [4.69, 9.17) is 25.4 Å². The van der Waals surface area contributed by atoms with Crippen molar-refractivity contribution in [2.24, 2.45) is 17.6 Å². The van der Waals surface area contributed by atoms with E-state index in [-0.39, 0.29) is 35.7 Å². The van der Waals surface area contributed by atoms with Crippen LogP contribution in [0.5, 0.6) is 0 Å². The summed E-state index contributed by atoms with van der Waals surface area (Å²) >= 11 is 0. The first-order valence-corrected chi connectivity index (χ1v) is 19.3. The number of aromatic amines is 2. The van der Waals surface area contributed by atoms with Crippen molar-refractivity contribution in [2.75, 3.05) is 20.2 Å². The third kappa shape index (κ3) is 7.16. The predicted octanol–water partition coefficient (Wildman–Crippen LogP) is 6.64. The Hall–Kier alpha value is -5.30. The first kappa shape index (κ1) is 37.0. The van der Waals surface area contributed by atoms with E-state index in [9.17, 15) is 14.4 Å². The van der Waals surface area contributed by atoms with Crippen LogP contribution in [0.25, 0.3) is 44.5 Å². The van der Waals surface area contributed by atoms with Crippen molar-refractivity contribution in [3.63, 3.8) is 0 Å². The average molecular weight is 734 g/mol. The molecule has 0 spiro atoms. The molecule has 0 aliphatic carbocycles. The highest BCUT2D eigenvalue weighted by Crippen LogP contribution is 2.35. The molecule has 13 heteroatoms. The number of rotatable bonds is 11. The summed E-state index contributed by atoms with van der Waals surface area (Å²) in [6.07, 6.45) is 6.22. The number of carbonyl (C=O) groups excluding carboxylic acids is 3. The number of hydrogen-bond donors (Lipinski definition) is 4. The Morgan fingerprint density at radius 2 is 1.50 bits per heavy atom. The highest BCUT2D eigenvalue weighted by atomic mass is 16.5. The van der Waals surface area contributed by atoms with Crippen LogP contribution in [0, 0.1) is 11.8 Å². The molecule has 54 heavy (non-hydrogen) atoms. The third-order valence-electron chi connectivity index (χ3n) is 11.6. The Morgan fingerprint density at radius 1 is 0.852 bits per heavy atom. The standard InChI is InChI=1S/C41H51N9O4/c1-6-23(3)34(42)39(51)49-18-8-10-32(49)37-43-22-31(46-37)28-15-13-25-20-27(14-12-26(25)21-28)29-16-17-30-36(44-29)48-38(45-30)33-11-9-19-50(33)40(52)35(24(4)7-2)47-41(53)54-5/h12-17,20-24,32-35H,6-11,18-19,42H2,1-5H3,(H,43,46)(H,47,53)(H,44,45,48)/t23-,24-,32+,33+,34+,35+/m1/s1. The highest BCUT2D eigenvalue weighted by molar-refractivity contribution is 5.91. The number of pyridine rings is 1. The minimum atomic E-state index is -0.683. The Kier molecular flexibility index (Phi) is 10.7. The number of ether oxygens (including phenoxy) is 1. The van der Waals surface area contributed by atoms with Gasteiger partial charge in [0.1, 0.15) is 23.2 Å². The number of carbonyl (C=O) groups is 3. The van der Waals surface area contributed by atoms with Gasteiger partial charge in [-0.25, -0.2) is 19.7 Å². The lowest BCUT2D eigenvalue weighted by atomic mass is 9.97. The zero-order valence-corrected chi connectivity index (χ0v) is 31.8. The van der Waals surface area contributed by atoms with Gasteiger partial charge < -0.3 is 35.6 Å². The monoisotopic (exact) mass is 733 g/mol. The first-order valence-electron chi connectivity index (χ1n) is 19.3. The Labute approximate surface area is 315 Å². The molecular weight excluding hydrogens is 683 g/mol. The molecule has 2 aliphatic heterocycles. The molecule has 2 fully saturated rings. The van der Waals surface area contributed by atoms with Crippen molar-refractivity contribution < 1.29 is 19.1 Å². The van der Waals surface area contributed by atoms with Crippen molar-refractivity contribution in [2.45, 2.75) is 90.4 Å². The Bertz CT molecular complexity index is 2160. The van der Waals surface area contributed by atoms with Gasteiger partial charge in [0.15, 0.2) is 5.65 Å². The molecule has 5 N–H and O–H groups in total. The van der Waals surface area contributed by atoms with Crippen LogP contribution in [0.2, 0.25) is 0 Å². The van der Waals surface area contributed by atoms with E-state index < -0.39 is 18.2 Å². The number of likely N-dealkylation sites (tertiary alicyclic amines) is 2. The van der Waals surface area contributed by atoms with Gasteiger partial charge >= 0.3 is 6.09 Å². The fraction of sp³-hybridized carbons (Fsp3) is 0.463. The number of H-pyrrole nitrogens is 2. The van der Waals surface area contributed by atoms with Crippen molar-refractivity contribution in [1.82, 2.24) is 40.0 Å². The van der Waals surface area contributed by atoms with Crippen LogP contribution in [0.4, 0.5) is 4.79 Å². The number of aromatic nitrogens is 5. The lowest BCUT2D eigenvalue weighted by Crippen LogP contribution is -2.51. The third-order valence-corrected chi connectivity index (χ3v) is 11.6. The first-order chi connectivity index (χ1) is 26.1. The molecule has 2 aromatic carbocycles. The maximum atomic E-state index is 13.8. The molecular formula is C41H51N9O4. The number of amides is 3. The van der Waals surface area contributed by atoms with Gasteiger partial charge in [-0.3, -0.25) is 9.59 Å². The molecule has 13 nitrogen and oxygen atoms in total. The van der Waals surface area contributed by atoms with Crippen LogP contribution >= 0.6 is 0 Å². The summed E-state index contributed by atoms with van der Waals surface area (Å²) in [7, 11) is 1.30. The number of nitrogens with one attached hydrogen (secondary N) is 3. The largest absolute Gasteiger partial charge is 0.453 e. The molecule has 0 radical (unpaired) electrons. The maximum absolute atomic E-state index is 13.8. The SMILES string of the molecule is CC[C@@H](C)[C@H](N)C(=O)N1CCC[C@H]1c1ncc(-c2ccc3cc(-c4ccc5nc([C@@H]6CCCN6C(=O)[C@@H](NC(=O)OC)[C@H](C)CC)[nH]c5n4)ccc3c2)[nH]1. The number of alkyl carbamates (subject to hydrolysis) is 1. The van der Waals surface area contributed by atoms with Crippen LogP contribution in [0.1, 0.15) is 90.0 Å². The van der Waals surface area contributed by atoms with E-state index in [2.05, 4.69) is 58.6 Å². The highest BCUT2D eigenvalue weighted by Gasteiger charge is 2.39. The fourth-order valence-corrected chi connectivity index (χ4v) is 7.82. The lowest BCUT2D eigenvalue weighted by Gasteiger charge is -2.30. The van der Waals surface area contributed by atoms with Crippen LogP contribution in [0.3, 0.4) is 0 Å². The van der Waals surface area contributed by atoms with E-state index in [1.165, 1.54) is 7.11 Å². The second kappa shape index (κ2) is 15.6. The molecule has 6 atom stereocenters. The van der Waals surface area contributed by atoms with Gasteiger partial charge in [-0.2, -0.15) is 0 Å². The van der Waals surface area contributed by atoms with Gasteiger partial charge in [0.05, 0.1) is 42.8 Å². The van der Waals surface area contributed by atoms with E-state index in [0.29, 0.717) is 24.6 Å². The molecule has 0 bridgehead atoms. The molecule has 0 saturated carbocycles. The minimum absolute atomic E-state index is 0.00176. The molecule has 284 valence electrons. The quantitative estimate of drug-likeness (QED) is 0.117. The number of benzene rings is 2. The van der Waals surface area contributed by atoms with Crippen molar-refractivity contribution >= 4 is 39.8 Å². The van der Waals surface area contributed by atoms with Gasteiger partial charge in [-0.15, -0.1) is 0 Å². The van der Waals surface area contributed by atoms with E-state index in [0.717, 1.165) is 83.2 Å². The smallest absolute Gasteiger partial charge is 0.407 e. The van der Waals surface area contributed by atoms with Crippen LogP contribution in [0.15, 0.2) is 54.7 Å². The summed E-state index contributed by atoms with van der Waals surface area (Å²) in [4.78, 5) is 64.2. The Balaban J connectivity index is 1.08. The number of fused-ring (bicyclic) bond motifs is 2. The number of hydrogen-bond acceptors (Lipinski definition) is 8. The molecule has 7 rings (SSSR count). The summed E-state index contributed by atoms with van der Waals surface area (Å²) in [5.74, 6) is 1.42. The number of imidazole rings is 2. The summed E-state index contributed by atoms with van der Waals surface area (Å²) in [5.41, 5.74) is 11.4. The number of nitrogens with two attached hydrogens (primary N) is 1. The van der Waals surface area contributed by atoms with Crippen molar-refractivity contribution in [1.29, 1.82) is 0 Å². The summed E-state index contributed by atoms with van der Waals surface area (Å²) in [5, 5.41) is 4.91. The van der Waals surface area contributed by atoms with Crippen LogP contribution in [-0.2, 0) is 14.3 Å². The van der Waals surface area contributed by atoms with Crippen LogP contribution in [-0.4, -0.2) is 84.9 Å². The second-order valence-corrected chi connectivity index (χ2v) is 14.9. The maximum Gasteiger partial charge on any atom is 0.407 e. The zero-order chi connectivity index (χ0) is 38.1. The molecule has 5 heterocycles. The van der Waals surface area contributed by atoms with E-state index in [1.807, 2.05) is 48.9 Å². The van der Waals surface area contributed by atoms with Crippen LogP contribution < -0.4 is 11.1 Å². The molecule has 2 aliphatic rings. The van der Waals surface area contributed by atoms with Crippen molar-refractivity contribution in [3.8, 4) is 22.5 Å². The van der Waals surface area contributed by atoms with E-state index in [1.54, 1.807) is 0 Å². The number of nitrogens with zero attached hydrogens (tertiary/aromatic N) is 5. The lowest BCUT2D eigenvalue weighted by molar-refractivity contribution is -0.136. The van der Waals surface area contributed by atoms with Gasteiger partial charge in [0.25, 0.3) is 0 Å². The second-order valence-electron chi connectivity index (χ2n) is 14.9. The molecule has 5 aromatic rings. The Morgan fingerprint density at radius 3 is 2.19 bits per heavy atom. The topological polar surface area (TPSA) is 175 Å². The molecule has 3 amide bonds. The normalized spacial score (nSPS) is 19.6. The van der Waals surface area contributed by atoms with E-state index >= 15 is 0 Å². The fourth-order valence-electron chi connectivity index (χ4n) is 7.82. The van der Waals surface area contributed by atoms with Gasteiger partial charge in [-0.05, 0) is 72.6 Å². The summed E-state index contributed by atoms with van der Waals surface area (Å²) in [6, 6.07) is 15.0. The molecule has 2 saturated heterocycles. The van der Waals surface area contributed by atoms with Gasteiger partial charge in [0, 0.05) is 24.2 Å². The molecule has 0 unspecified atom stereocenters.